The van der Waals surface area contributed by atoms with E-state index in [2.05, 4.69) is 17.1 Å². The van der Waals surface area contributed by atoms with Crippen LogP contribution in [0, 0.1) is 5.92 Å². The van der Waals surface area contributed by atoms with Crippen molar-refractivity contribution in [2.24, 2.45) is 11.7 Å². The molecule has 1 saturated heterocycles. The Morgan fingerprint density at radius 2 is 2.06 bits per heavy atom. The summed E-state index contributed by atoms with van der Waals surface area (Å²) < 4.78 is 0. The average molecular weight is 239 g/mol. The standard InChI is InChI=1S/C13H25N3O/c1-10(9-16-7-2-3-8-16)15-13(17)11-5-4-6-12(11)14/h10-12H,2-9,14H2,1H3,(H,15,17). The van der Waals surface area contributed by atoms with Gasteiger partial charge in [0.15, 0.2) is 0 Å². The highest BCUT2D eigenvalue weighted by atomic mass is 16.2. The lowest BCUT2D eigenvalue weighted by Gasteiger charge is -2.23. The Balaban J connectivity index is 1.73. The maximum absolute atomic E-state index is 12.0. The molecule has 2 aliphatic rings. The van der Waals surface area contributed by atoms with E-state index >= 15 is 0 Å². The van der Waals surface area contributed by atoms with Crippen molar-refractivity contribution in [2.75, 3.05) is 19.6 Å². The van der Waals surface area contributed by atoms with Gasteiger partial charge in [0.05, 0.1) is 5.92 Å². The van der Waals surface area contributed by atoms with Crippen molar-refractivity contribution in [2.45, 2.75) is 51.1 Å². The van der Waals surface area contributed by atoms with Crippen LogP contribution in [0.3, 0.4) is 0 Å². The number of rotatable bonds is 4. The molecule has 98 valence electrons. The van der Waals surface area contributed by atoms with Crippen LogP contribution >= 0.6 is 0 Å². The molecule has 0 radical (unpaired) electrons. The molecule has 2 fully saturated rings. The van der Waals surface area contributed by atoms with Gasteiger partial charge in [0.2, 0.25) is 5.91 Å². The summed E-state index contributed by atoms with van der Waals surface area (Å²) >= 11 is 0. The highest BCUT2D eigenvalue weighted by Gasteiger charge is 2.30. The van der Waals surface area contributed by atoms with E-state index in [9.17, 15) is 4.79 Å². The van der Waals surface area contributed by atoms with E-state index < -0.39 is 0 Å². The van der Waals surface area contributed by atoms with Crippen molar-refractivity contribution in [3.8, 4) is 0 Å². The van der Waals surface area contributed by atoms with Crippen LogP contribution in [0.15, 0.2) is 0 Å². The minimum atomic E-state index is 0.0519. The molecule has 3 N–H and O–H groups in total. The first kappa shape index (κ1) is 12.8. The molecular weight excluding hydrogens is 214 g/mol. The normalized spacial score (nSPS) is 31.6. The van der Waals surface area contributed by atoms with E-state index in [-0.39, 0.29) is 23.9 Å². The number of carbonyl (C=O) groups is 1. The topological polar surface area (TPSA) is 58.4 Å². The molecule has 17 heavy (non-hydrogen) atoms. The highest BCUT2D eigenvalue weighted by molar-refractivity contribution is 5.80. The van der Waals surface area contributed by atoms with E-state index in [1.807, 2.05) is 0 Å². The number of amides is 1. The van der Waals surface area contributed by atoms with Crippen LogP contribution in [0.5, 0.6) is 0 Å². The third kappa shape index (κ3) is 3.42. The van der Waals surface area contributed by atoms with Crippen LogP contribution in [0.4, 0.5) is 0 Å². The lowest BCUT2D eigenvalue weighted by Crippen LogP contribution is -2.46. The van der Waals surface area contributed by atoms with Crippen molar-refractivity contribution in [3.05, 3.63) is 0 Å². The monoisotopic (exact) mass is 239 g/mol. The molecule has 0 bridgehead atoms. The van der Waals surface area contributed by atoms with Crippen LogP contribution in [-0.2, 0) is 4.79 Å². The van der Waals surface area contributed by atoms with Gasteiger partial charge in [-0.15, -0.1) is 0 Å². The molecule has 4 nitrogen and oxygen atoms in total. The Bertz CT molecular complexity index is 263. The molecule has 1 heterocycles. The second-order valence-corrected chi connectivity index (χ2v) is 5.62. The van der Waals surface area contributed by atoms with Crippen molar-refractivity contribution in [1.82, 2.24) is 10.2 Å². The molecule has 1 aliphatic heterocycles. The molecular formula is C13H25N3O. The van der Waals surface area contributed by atoms with E-state index in [4.69, 9.17) is 5.73 Å². The van der Waals surface area contributed by atoms with E-state index in [0.717, 1.165) is 25.8 Å². The molecule has 1 saturated carbocycles. The van der Waals surface area contributed by atoms with Gasteiger partial charge in [-0.3, -0.25) is 4.79 Å². The molecule has 2 rings (SSSR count). The minimum absolute atomic E-state index is 0.0519. The highest BCUT2D eigenvalue weighted by Crippen LogP contribution is 2.24. The van der Waals surface area contributed by atoms with E-state index in [0.29, 0.717) is 0 Å². The number of nitrogens with two attached hydrogens (primary N) is 1. The Morgan fingerprint density at radius 1 is 1.35 bits per heavy atom. The molecule has 3 unspecified atom stereocenters. The quantitative estimate of drug-likeness (QED) is 0.760. The lowest BCUT2D eigenvalue weighted by atomic mass is 10.0. The second-order valence-electron chi connectivity index (χ2n) is 5.62. The summed E-state index contributed by atoms with van der Waals surface area (Å²) in [6.07, 6.45) is 5.66. The second kappa shape index (κ2) is 5.83. The van der Waals surface area contributed by atoms with E-state index in [1.54, 1.807) is 0 Å². The van der Waals surface area contributed by atoms with Gasteiger partial charge in [0.1, 0.15) is 0 Å². The summed E-state index contributed by atoms with van der Waals surface area (Å²) in [7, 11) is 0. The first-order valence-corrected chi connectivity index (χ1v) is 6.95. The maximum atomic E-state index is 12.0. The first-order chi connectivity index (χ1) is 8.16. The first-order valence-electron chi connectivity index (χ1n) is 6.95. The van der Waals surface area contributed by atoms with Crippen LogP contribution < -0.4 is 11.1 Å². The summed E-state index contributed by atoms with van der Waals surface area (Å²) in [5, 5.41) is 3.12. The van der Waals surface area contributed by atoms with Gasteiger partial charge < -0.3 is 16.0 Å². The summed E-state index contributed by atoms with van der Waals surface area (Å²) in [5.41, 5.74) is 5.95. The molecule has 0 aromatic heterocycles. The fraction of sp³-hybridized carbons (Fsp3) is 0.923. The molecule has 1 amide bonds. The van der Waals surface area contributed by atoms with Crippen LogP contribution in [0.25, 0.3) is 0 Å². The van der Waals surface area contributed by atoms with Crippen LogP contribution in [0.2, 0.25) is 0 Å². The number of hydrogen-bond acceptors (Lipinski definition) is 3. The zero-order chi connectivity index (χ0) is 12.3. The average Bonchev–Trinajstić information content (AvgIpc) is 2.88. The molecule has 0 spiro atoms. The number of hydrogen-bond donors (Lipinski definition) is 2. The van der Waals surface area contributed by atoms with Gasteiger partial charge in [-0.25, -0.2) is 0 Å². The lowest BCUT2D eigenvalue weighted by molar-refractivity contribution is -0.125. The Kier molecular flexibility index (Phi) is 4.40. The number of nitrogens with one attached hydrogen (secondary N) is 1. The van der Waals surface area contributed by atoms with Gasteiger partial charge in [-0.05, 0) is 45.7 Å². The van der Waals surface area contributed by atoms with Crippen molar-refractivity contribution < 1.29 is 4.79 Å². The molecule has 3 atom stereocenters. The fourth-order valence-corrected chi connectivity index (χ4v) is 3.06. The third-order valence-electron chi connectivity index (χ3n) is 4.03. The predicted molar refractivity (Wildman–Crippen MR) is 68.6 cm³/mol. The van der Waals surface area contributed by atoms with E-state index in [1.165, 1.54) is 25.9 Å². The summed E-state index contributed by atoms with van der Waals surface area (Å²) in [5.74, 6) is 0.220. The van der Waals surface area contributed by atoms with Gasteiger partial charge >= 0.3 is 0 Å². The van der Waals surface area contributed by atoms with Gasteiger partial charge in [-0.2, -0.15) is 0 Å². The number of carbonyl (C=O) groups excluding carboxylic acids is 1. The van der Waals surface area contributed by atoms with Crippen molar-refractivity contribution in [1.29, 1.82) is 0 Å². The Morgan fingerprint density at radius 3 is 2.65 bits per heavy atom. The predicted octanol–water partition coefficient (Wildman–Crippen LogP) is 0.714. The van der Waals surface area contributed by atoms with Gasteiger partial charge in [0, 0.05) is 18.6 Å². The van der Waals surface area contributed by atoms with Gasteiger partial charge in [0.25, 0.3) is 0 Å². The molecule has 4 heteroatoms. The zero-order valence-corrected chi connectivity index (χ0v) is 10.8. The third-order valence-corrected chi connectivity index (χ3v) is 4.03. The van der Waals surface area contributed by atoms with Crippen molar-refractivity contribution in [3.63, 3.8) is 0 Å². The SMILES string of the molecule is CC(CN1CCCC1)NC(=O)C1CCCC1N. The van der Waals surface area contributed by atoms with Gasteiger partial charge in [-0.1, -0.05) is 6.42 Å². The minimum Gasteiger partial charge on any atom is -0.352 e. The molecule has 0 aromatic carbocycles. The number of likely N-dealkylation sites (tertiary alicyclic amines) is 1. The maximum Gasteiger partial charge on any atom is 0.224 e. The smallest absolute Gasteiger partial charge is 0.224 e. The summed E-state index contributed by atoms with van der Waals surface area (Å²) in [4.78, 5) is 14.5. The summed E-state index contributed by atoms with van der Waals surface area (Å²) in [6, 6.07) is 0.322. The number of nitrogens with zero attached hydrogens (tertiary/aromatic N) is 1. The van der Waals surface area contributed by atoms with Crippen LogP contribution in [0.1, 0.15) is 39.0 Å². The Hall–Kier alpha value is -0.610. The fourth-order valence-electron chi connectivity index (χ4n) is 3.06. The molecule has 0 aromatic rings. The largest absolute Gasteiger partial charge is 0.352 e. The zero-order valence-electron chi connectivity index (χ0n) is 10.8. The molecule has 1 aliphatic carbocycles. The Labute approximate surface area is 104 Å². The van der Waals surface area contributed by atoms with Crippen molar-refractivity contribution >= 4 is 5.91 Å². The summed E-state index contributed by atoms with van der Waals surface area (Å²) in [6.45, 7) is 5.44. The van der Waals surface area contributed by atoms with Crippen LogP contribution in [-0.4, -0.2) is 42.5 Å².